The number of nitrogens with one attached hydrogen (secondary N) is 1. The summed E-state index contributed by atoms with van der Waals surface area (Å²) in [5, 5.41) is 3.40. The quantitative estimate of drug-likeness (QED) is 0.446. The van der Waals surface area contributed by atoms with Gasteiger partial charge in [0.05, 0.1) is 19.6 Å². The van der Waals surface area contributed by atoms with Crippen LogP contribution in [0, 0.1) is 5.92 Å². The summed E-state index contributed by atoms with van der Waals surface area (Å²) in [4.78, 5) is 18.9. The van der Waals surface area contributed by atoms with Crippen molar-refractivity contribution in [1.82, 2.24) is 10.2 Å². The lowest BCUT2D eigenvalue weighted by molar-refractivity contribution is -0.146. The highest BCUT2D eigenvalue weighted by Crippen LogP contribution is 2.30. The predicted molar refractivity (Wildman–Crippen MR) is 109 cm³/mol. The van der Waals surface area contributed by atoms with Gasteiger partial charge in [0.25, 0.3) is 0 Å². The second-order valence-electron chi connectivity index (χ2n) is 7.32. The SMILES string of the molecule is CCNC(=NCC(C)(C)c1ccccc1Br)N1CCC(C(=O)OC)CC1. The Hall–Kier alpha value is -1.56. The van der Waals surface area contributed by atoms with Gasteiger partial charge >= 0.3 is 5.97 Å². The van der Waals surface area contributed by atoms with Gasteiger partial charge in [-0.3, -0.25) is 9.79 Å². The number of carbonyl (C=O) groups excluding carboxylic acids is 1. The van der Waals surface area contributed by atoms with Crippen LogP contribution in [0.4, 0.5) is 0 Å². The number of piperidine rings is 1. The minimum absolute atomic E-state index is 0.0100. The number of esters is 1. The van der Waals surface area contributed by atoms with Crippen LogP contribution in [0.1, 0.15) is 39.2 Å². The van der Waals surface area contributed by atoms with Gasteiger partial charge in [0, 0.05) is 29.5 Å². The number of aliphatic imine (C=N–C) groups is 1. The van der Waals surface area contributed by atoms with Gasteiger partial charge in [-0.2, -0.15) is 0 Å². The van der Waals surface area contributed by atoms with Crippen LogP contribution in [0.3, 0.4) is 0 Å². The van der Waals surface area contributed by atoms with Gasteiger partial charge in [0.2, 0.25) is 0 Å². The van der Waals surface area contributed by atoms with Gasteiger partial charge in [-0.05, 0) is 31.4 Å². The van der Waals surface area contributed by atoms with E-state index in [4.69, 9.17) is 9.73 Å². The van der Waals surface area contributed by atoms with Gasteiger partial charge in [0.1, 0.15) is 0 Å². The number of ether oxygens (including phenoxy) is 1. The zero-order valence-electron chi connectivity index (χ0n) is 16.2. The van der Waals surface area contributed by atoms with E-state index >= 15 is 0 Å². The van der Waals surface area contributed by atoms with Gasteiger partial charge < -0.3 is 15.0 Å². The van der Waals surface area contributed by atoms with Gasteiger partial charge in [-0.25, -0.2) is 0 Å². The lowest BCUT2D eigenvalue weighted by Gasteiger charge is -2.34. The standard InChI is InChI=1S/C20H30BrN3O2/c1-5-22-19(24-12-10-15(11-13-24)18(25)26-4)23-14-20(2,3)16-8-6-7-9-17(16)21/h6-9,15H,5,10-14H2,1-4H3,(H,22,23). The molecule has 5 nitrogen and oxygen atoms in total. The molecule has 1 aliphatic rings. The smallest absolute Gasteiger partial charge is 0.308 e. The lowest BCUT2D eigenvalue weighted by atomic mass is 9.85. The van der Waals surface area contributed by atoms with Gasteiger partial charge in [-0.1, -0.05) is 48.0 Å². The van der Waals surface area contributed by atoms with Crippen LogP contribution >= 0.6 is 15.9 Å². The van der Waals surface area contributed by atoms with Crippen molar-refractivity contribution < 1.29 is 9.53 Å². The second kappa shape index (κ2) is 9.40. The summed E-state index contributed by atoms with van der Waals surface area (Å²) in [5.41, 5.74) is 1.18. The van der Waals surface area contributed by atoms with E-state index in [1.54, 1.807) is 0 Å². The predicted octanol–water partition coefficient (Wildman–Crippen LogP) is 3.58. The van der Waals surface area contributed by atoms with Crippen molar-refractivity contribution >= 4 is 27.9 Å². The first-order valence-corrected chi connectivity index (χ1v) is 10.0. The highest BCUT2D eigenvalue weighted by atomic mass is 79.9. The highest BCUT2D eigenvalue weighted by Gasteiger charge is 2.28. The second-order valence-corrected chi connectivity index (χ2v) is 8.17. The first-order chi connectivity index (χ1) is 12.4. The molecule has 1 fully saturated rings. The van der Waals surface area contributed by atoms with Crippen molar-refractivity contribution in [1.29, 1.82) is 0 Å². The van der Waals surface area contributed by atoms with Crippen LogP contribution in [-0.2, 0) is 14.9 Å². The van der Waals surface area contributed by atoms with Crippen LogP contribution in [0.2, 0.25) is 0 Å². The minimum Gasteiger partial charge on any atom is -0.469 e. The summed E-state index contributed by atoms with van der Waals surface area (Å²) in [6, 6.07) is 8.31. The summed E-state index contributed by atoms with van der Waals surface area (Å²) in [6.07, 6.45) is 1.62. The highest BCUT2D eigenvalue weighted by molar-refractivity contribution is 9.10. The minimum atomic E-state index is -0.0957. The molecule has 1 heterocycles. The normalized spacial score (nSPS) is 16.5. The number of nitrogens with zero attached hydrogens (tertiary/aromatic N) is 2. The van der Waals surface area contributed by atoms with Gasteiger partial charge in [-0.15, -0.1) is 0 Å². The largest absolute Gasteiger partial charge is 0.469 e. The molecule has 0 bridgehead atoms. The summed E-state index contributed by atoms with van der Waals surface area (Å²) < 4.78 is 5.99. The van der Waals surface area contributed by atoms with E-state index in [9.17, 15) is 4.79 Å². The number of carbonyl (C=O) groups is 1. The van der Waals surface area contributed by atoms with E-state index in [1.807, 2.05) is 6.07 Å². The van der Waals surface area contributed by atoms with Crippen LogP contribution in [0.25, 0.3) is 0 Å². The molecule has 0 amide bonds. The summed E-state index contributed by atoms with van der Waals surface area (Å²) in [6.45, 7) is 9.66. The number of benzene rings is 1. The maximum Gasteiger partial charge on any atom is 0.308 e. The third-order valence-electron chi connectivity index (χ3n) is 4.89. The van der Waals surface area contributed by atoms with Gasteiger partial charge in [0.15, 0.2) is 5.96 Å². The molecule has 6 heteroatoms. The van der Waals surface area contributed by atoms with Crippen LogP contribution in [0.5, 0.6) is 0 Å². The summed E-state index contributed by atoms with van der Waals surface area (Å²) in [7, 11) is 1.46. The van der Waals surface area contributed by atoms with Crippen molar-refractivity contribution in [3.63, 3.8) is 0 Å². The Kier molecular flexibility index (Phi) is 7.50. The van der Waals surface area contributed by atoms with E-state index in [0.29, 0.717) is 6.54 Å². The Bertz CT molecular complexity index is 638. The van der Waals surface area contributed by atoms with Crippen molar-refractivity contribution in [3.8, 4) is 0 Å². The fourth-order valence-corrected chi connectivity index (χ4v) is 4.11. The zero-order chi connectivity index (χ0) is 19.2. The molecular weight excluding hydrogens is 394 g/mol. The number of rotatable bonds is 5. The van der Waals surface area contributed by atoms with E-state index in [2.05, 4.69) is 65.1 Å². The Morgan fingerprint density at radius 1 is 1.35 bits per heavy atom. The maximum atomic E-state index is 11.7. The molecule has 1 N–H and O–H groups in total. The maximum absolute atomic E-state index is 11.7. The summed E-state index contributed by atoms with van der Waals surface area (Å²) in [5.74, 6) is 0.841. The molecular formula is C20H30BrN3O2. The molecule has 0 unspecified atom stereocenters. The van der Waals surface area contributed by atoms with E-state index in [-0.39, 0.29) is 17.3 Å². The molecule has 0 saturated carbocycles. The van der Waals surface area contributed by atoms with E-state index < -0.39 is 0 Å². The number of halogens is 1. The number of likely N-dealkylation sites (tertiary alicyclic amines) is 1. The molecule has 0 aromatic heterocycles. The molecule has 144 valence electrons. The van der Waals surface area contributed by atoms with Crippen LogP contribution in [-0.4, -0.2) is 50.1 Å². The van der Waals surface area contributed by atoms with Crippen LogP contribution in [0.15, 0.2) is 33.7 Å². The Morgan fingerprint density at radius 2 is 2.00 bits per heavy atom. The Labute approximate surface area is 165 Å². The van der Waals surface area contributed by atoms with Crippen molar-refractivity contribution in [3.05, 3.63) is 34.3 Å². The average molecular weight is 424 g/mol. The molecule has 0 radical (unpaired) electrons. The Balaban J connectivity index is 2.07. The monoisotopic (exact) mass is 423 g/mol. The number of hydrogen-bond acceptors (Lipinski definition) is 3. The molecule has 1 aromatic carbocycles. The lowest BCUT2D eigenvalue weighted by Crippen LogP contribution is -2.47. The van der Waals surface area contributed by atoms with E-state index in [1.165, 1.54) is 12.7 Å². The molecule has 0 aliphatic carbocycles. The van der Waals surface area contributed by atoms with E-state index in [0.717, 1.165) is 42.9 Å². The molecule has 1 aliphatic heterocycles. The number of methoxy groups -OCH3 is 1. The fraction of sp³-hybridized carbons (Fsp3) is 0.600. The molecule has 0 atom stereocenters. The zero-order valence-corrected chi connectivity index (χ0v) is 17.8. The molecule has 2 rings (SSSR count). The van der Waals surface area contributed by atoms with Crippen molar-refractivity contribution in [2.45, 2.75) is 39.0 Å². The molecule has 1 aromatic rings. The average Bonchev–Trinajstić information content (AvgIpc) is 2.65. The van der Waals surface area contributed by atoms with Crippen LogP contribution < -0.4 is 5.32 Å². The molecule has 1 saturated heterocycles. The van der Waals surface area contributed by atoms with Crippen molar-refractivity contribution in [2.75, 3.05) is 33.3 Å². The fourth-order valence-electron chi connectivity index (χ4n) is 3.29. The third-order valence-corrected chi connectivity index (χ3v) is 5.58. The topological polar surface area (TPSA) is 53.9 Å². The number of guanidine groups is 1. The first-order valence-electron chi connectivity index (χ1n) is 9.25. The molecule has 26 heavy (non-hydrogen) atoms. The third kappa shape index (κ3) is 5.22. The van der Waals surface area contributed by atoms with Crippen molar-refractivity contribution in [2.24, 2.45) is 10.9 Å². The summed E-state index contributed by atoms with van der Waals surface area (Å²) >= 11 is 3.66. The first kappa shape index (κ1) is 20.7. The number of hydrogen-bond donors (Lipinski definition) is 1. The Morgan fingerprint density at radius 3 is 2.58 bits per heavy atom. The molecule has 0 spiro atoms.